The van der Waals surface area contributed by atoms with Crippen LogP contribution in [0, 0.1) is 29.2 Å². The van der Waals surface area contributed by atoms with E-state index < -0.39 is 5.09 Å². The molecule has 0 atom stereocenters. The smallest absolute Gasteiger partial charge is 0.356 e. The minimum Gasteiger partial charge on any atom is -0.356 e. The molecule has 0 aliphatic rings. The van der Waals surface area contributed by atoms with E-state index in [0.717, 1.165) is 33.9 Å². The number of hydrogen-bond acceptors (Lipinski definition) is 5. The fraction of sp³-hybridized carbons (Fsp3) is 0.0625. The van der Waals surface area contributed by atoms with Gasteiger partial charge in [0.1, 0.15) is 0 Å². The number of aromatic amines is 2. The molecule has 0 spiro atoms. The second kappa shape index (κ2) is 15.1. The van der Waals surface area contributed by atoms with Crippen molar-refractivity contribution in [2.75, 3.05) is 0 Å². The summed E-state index contributed by atoms with van der Waals surface area (Å²) in [6, 6.07) is 41.1. The Hall–Kier alpha value is -4.76. The first kappa shape index (κ1) is 30.8. The molecule has 2 aromatic heterocycles. The van der Waals surface area contributed by atoms with Gasteiger partial charge in [0.2, 0.25) is 0 Å². The van der Waals surface area contributed by atoms with Crippen LogP contribution >= 0.6 is 0 Å². The van der Waals surface area contributed by atoms with Crippen LogP contribution in [0.4, 0.5) is 0 Å². The Morgan fingerprint density at radius 3 is 1.02 bits per heavy atom. The minimum absolute atomic E-state index is 0. The van der Waals surface area contributed by atoms with Gasteiger partial charge in [0, 0.05) is 22.3 Å². The van der Waals surface area contributed by atoms with Crippen LogP contribution in [-0.2, 0) is 22.4 Å². The van der Waals surface area contributed by atoms with Gasteiger partial charge in [-0.2, -0.15) is 10.2 Å². The Kier molecular flexibility index (Phi) is 11.4. The molecule has 2 N–H and O–H groups in total. The molecular weight excluding hydrogens is 610 g/mol. The van der Waals surface area contributed by atoms with Gasteiger partial charge in [-0.3, -0.25) is 10.2 Å². The van der Waals surface area contributed by atoms with Crippen LogP contribution in [0.5, 0.6) is 0 Å². The molecule has 0 unspecified atom stereocenters. The zero-order chi connectivity index (χ0) is 28.3. The molecule has 41 heavy (non-hydrogen) atoms. The van der Waals surface area contributed by atoms with E-state index in [2.05, 4.69) is 82.8 Å². The first-order chi connectivity index (χ1) is 19.5. The van der Waals surface area contributed by atoms with Crippen molar-refractivity contribution in [1.82, 2.24) is 20.4 Å². The molecule has 0 saturated heterocycles. The van der Waals surface area contributed by atoms with Crippen LogP contribution in [0.25, 0.3) is 45.0 Å². The van der Waals surface area contributed by atoms with Crippen LogP contribution in [0.1, 0.15) is 11.1 Å². The Balaban J connectivity index is 0.000000196. The van der Waals surface area contributed by atoms with Crippen molar-refractivity contribution in [3.8, 4) is 45.0 Å². The maximum absolute atomic E-state index is 8.25. The number of hydrogen-bond donors (Lipinski definition) is 2. The third kappa shape index (κ3) is 8.12. The maximum atomic E-state index is 8.25. The number of H-pyrrole nitrogens is 2. The molecule has 0 radical (unpaired) electrons. The normalized spacial score (nSPS) is 9.80. The van der Waals surface area contributed by atoms with Crippen LogP contribution in [-0.4, -0.2) is 25.5 Å². The number of nitrogens with zero attached hydrogens (tertiary/aromatic N) is 3. The van der Waals surface area contributed by atoms with Gasteiger partial charge in [0.25, 0.3) is 0 Å². The second-order valence-corrected chi connectivity index (χ2v) is 8.83. The van der Waals surface area contributed by atoms with Crippen LogP contribution in [0.3, 0.4) is 0 Å². The first-order valence-corrected chi connectivity index (χ1v) is 12.6. The van der Waals surface area contributed by atoms with Crippen molar-refractivity contribution >= 4 is 0 Å². The largest absolute Gasteiger partial charge is 1.00 e. The molecule has 0 fully saturated rings. The summed E-state index contributed by atoms with van der Waals surface area (Å²) in [4.78, 5) is 8.25. The van der Waals surface area contributed by atoms with E-state index in [4.69, 9.17) is 15.3 Å². The summed E-state index contributed by atoms with van der Waals surface area (Å²) in [5, 5.41) is 29.9. The second-order valence-electron chi connectivity index (χ2n) is 8.83. The van der Waals surface area contributed by atoms with E-state index in [9.17, 15) is 0 Å². The molecule has 4 aromatic carbocycles. The van der Waals surface area contributed by atoms with Crippen LogP contribution in [0.2, 0.25) is 0 Å². The molecule has 2 heterocycles. The van der Waals surface area contributed by atoms with Gasteiger partial charge >= 0.3 is 22.4 Å². The number of rotatable bonds is 4. The summed E-state index contributed by atoms with van der Waals surface area (Å²) in [6.45, 7) is 4.21. The van der Waals surface area contributed by atoms with E-state index in [1.165, 1.54) is 22.3 Å². The van der Waals surface area contributed by atoms with E-state index >= 15 is 0 Å². The molecule has 6 rings (SSSR count). The van der Waals surface area contributed by atoms with Crippen molar-refractivity contribution < 1.29 is 27.5 Å². The van der Waals surface area contributed by atoms with E-state index in [1.54, 1.807) is 0 Å². The fourth-order valence-electron chi connectivity index (χ4n) is 4.32. The molecule has 0 amide bonds. The first-order valence-electron chi connectivity index (χ1n) is 12.6. The van der Waals surface area contributed by atoms with Gasteiger partial charge in [-0.1, -0.05) is 121 Å². The summed E-state index contributed by atoms with van der Waals surface area (Å²) >= 11 is 0. The topological polar surface area (TPSA) is 124 Å². The molecule has 9 heteroatoms. The summed E-state index contributed by atoms with van der Waals surface area (Å²) < 4.78 is 0. The van der Waals surface area contributed by atoms with Crippen molar-refractivity contribution in [3.05, 3.63) is 148 Å². The molecule has 0 aliphatic carbocycles. The zero-order valence-corrected chi connectivity index (χ0v) is 23.9. The summed E-state index contributed by atoms with van der Waals surface area (Å²) in [5.74, 6) is 0. The Bertz CT molecular complexity index is 1400. The average Bonchev–Trinajstić information content (AvgIpc) is 3.57. The summed E-state index contributed by atoms with van der Waals surface area (Å²) in [7, 11) is 0. The fourth-order valence-corrected chi connectivity index (χ4v) is 4.32. The van der Waals surface area contributed by atoms with Gasteiger partial charge in [-0.25, -0.2) is 0 Å². The Morgan fingerprint density at radius 1 is 0.512 bits per heavy atom. The SMILES string of the molecule is Cc1c(-c2ccccc2)n[nH]c1-c1ccccc1.Cc1c(-c2ccccc2)n[nH]c1-c1ccccc1.O=[N+]([O-])[O-].[Ag+]. The predicted octanol–water partition coefficient (Wildman–Crippen LogP) is 7.86. The van der Waals surface area contributed by atoms with Crippen molar-refractivity contribution in [2.24, 2.45) is 0 Å². The maximum Gasteiger partial charge on any atom is 1.00 e. The summed E-state index contributed by atoms with van der Waals surface area (Å²) in [5.41, 5.74) is 11.2. The van der Waals surface area contributed by atoms with Crippen LogP contribution < -0.4 is 0 Å². The molecule has 210 valence electrons. The monoisotopic (exact) mass is 637 g/mol. The molecule has 0 aliphatic heterocycles. The van der Waals surface area contributed by atoms with Gasteiger partial charge in [0.15, 0.2) is 0 Å². The third-order valence-corrected chi connectivity index (χ3v) is 6.24. The molecule has 0 bridgehead atoms. The Labute approximate surface area is 253 Å². The predicted molar refractivity (Wildman–Crippen MR) is 159 cm³/mol. The average molecular weight is 638 g/mol. The molecular formula is C32H28AgN5O3. The quantitative estimate of drug-likeness (QED) is 0.116. The number of aromatic nitrogens is 4. The van der Waals surface area contributed by atoms with Crippen molar-refractivity contribution in [1.29, 1.82) is 0 Å². The van der Waals surface area contributed by atoms with Gasteiger partial charge in [-0.05, 0) is 25.0 Å². The van der Waals surface area contributed by atoms with E-state index in [0.29, 0.717) is 0 Å². The van der Waals surface area contributed by atoms with Gasteiger partial charge in [-0.15, -0.1) is 0 Å². The molecule has 6 aromatic rings. The van der Waals surface area contributed by atoms with Gasteiger partial charge in [0.05, 0.1) is 27.9 Å². The molecule has 8 nitrogen and oxygen atoms in total. The van der Waals surface area contributed by atoms with E-state index in [1.807, 2.05) is 72.8 Å². The van der Waals surface area contributed by atoms with Crippen molar-refractivity contribution in [2.45, 2.75) is 13.8 Å². The zero-order valence-electron chi connectivity index (χ0n) is 22.4. The standard InChI is InChI=1S/2C16H14N2.Ag.NO3/c2*1-12-15(13-8-4-2-5-9-13)17-18-16(12)14-10-6-3-7-11-14;;2-1(3)4/h2*2-11H,1H3,(H,17,18);;/q;;+1;-1. The number of nitrogens with one attached hydrogen (secondary N) is 2. The Morgan fingerprint density at radius 2 is 0.756 bits per heavy atom. The third-order valence-electron chi connectivity index (χ3n) is 6.24. The van der Waals surface area contributed by atoms with Gasteiger partial charge < -0.3 is 15.3 Å². The van der Waals surface area contributed by atoms with E-state index in [-0.39, 0.29) is 22.4 Å². The summed E-state index contributed by atoms with van der Waals surface area (Å²) in [6.07, 6.45) is 0. The number of benzene rings is 4. The van der Waals surface area contributed by atoms with Crippen LogP contribution in [0.15, 0.2) is 121 Å². The minimum atomic E-state index is -1.75. The molecule has 0 saturated carbocycles. The van der Waals surface area contributed by atoms with Crippen molar-refractivity contribution in [3.63, 3.8) is 0 Å².